The summed E-state index contributed by atoms with van der Waals surface area (Å²) >= 11 is 0. The normalized spacial score (nSPS) is 20.5. The van der Waals surface area contributed by atoms with Crippen molar-refractivity contribution in [3.63, 3.8) is 0 Å². The topological polar surface area (TPSA) is 59.5 Å². The zero-order valence-electron chi connectivity index (χ0n) is 12.6. The smallest absolute Gasteiger partial charge is 0.151 e. The molecule has 0 bridgehead atoms. The van der Waals surface area contributed by atoms with E-state index in [4.69, 9.17) is 9.47 Å². The first-order chi connectivity index (χ1) is 10.4. The number of hydrogen-bond donors (Lipinski definition) is 1. The zero-order valence-corrected chi connectivity index (χ0v) is 12.6. The Morgan fingerprint density at radius 3 is 2.76 bits per heavy atom. The summed E-state index contributed by atoms with van der Waals surface area (Å²) in [6, 6.07) is 4.55. The first-order valence-electron chi connectivity index (χ1n) is 7.74. The molecule has 21 heavy (non-hydrogen) atoms. The predicted octanol–water partition coefficient (Wildman–Crippen LogP) is 0.828. The molecular formula is C15H24N4O2. The second-order valence-corrected chi connectivity index (χ2v) is 5.76. The van der Waals surface area contributed by atoms with Gasteiger partial charge in [0.2, 0.25) is 0 Å². The van der Waals surface area contributed by atoms with Gasteiger partial charge in [0.05, 0.1) is 25.5 Å². The molecule has 1 aliphatic heterocycles. The van der Waals surface area contributed by atoms with Gasteiger partial charge in [-0.3, -0.25) is 0 Å². The predicted molar refractivity (Wildman–Crippen MR) is 80.3 cm³/mol. The number of nitrogens with one attached hydrogen (secondary N) is 1. The van der Waals surface area contributed by atoms with Crippen molar-refractivity contribution in [3.05, 3.63) is 17.8 Å². The number of nitrogens with zero attached hydrogens (tertiary/aromatic N) is 3. The van der Waals surface area contributed by atoms with E-state index in [1.807, 2.05) is 0 Å². The molecule has 2 aliphatic rings. The second kappa shape index (κ2) is 7.15. The first kappa shape index (κ1) is 14.7. The summed E-state index contributed by atoms with van der Waals surface area (Å²) in [5, 5.41) is 12.2. The van der Waals surface area contributed by atoms with Crippen molar-refractivity contribution in [3.8, 4) is 0 Å². The van der Waals surface area contributed by atoms with Gasteiger partial charge in [-0.2, -0.15) is 5.10 Å². The van der Waals surface area contributed by atoms with E-state index in [-0.39, 0.29) is 0 Å². The van der Waals surface area contributed by atoms with Crippen LogP contribution in [0.4, 0.5) is 5.82 Å². The van der Waals surface area contributed by atoms with Gasteiger partial charge < -0.3 is 19.7 Å². The Labute approximate surface area is 125 Å². The molecule has 6 heteroatoms. The van der Waals surface area contributed by atoms with Gasteiger partial charge in [0.25, 0.3) is 0 Å². The van der Waals surface area contributed by atoms with Crippen LogP contribution in [0.25, 0.3) is 0 Å². The van der Waals surface area contributed by atoms with Gasteiger partial charge >= 0.3 is 0 Å². The summed E-state index contributed by atoms with van der Waals surface area (Å²) in [4.78, 5) is 2.21. The molecule has 0 spiro atoms. The lowest BCUT2D eigenvalue weighted by molar-refractivity contribution is 0.122. The summed E-state index contributed by atoms with van der Waals surface area (Å²) in [5.41, 5.74) is 0.980. The Kier molecular flexibility index (Phi) is 5.00. The lowest BCUT2D eigenvalue weighted by Gasteiger charge is -2.27. The van der Waals surface area contributed by atoms with Crippen LogP contribution >= 0.6 is 0 Å². The summed E-state index contributed by atoms with van der Waals surface area (Å²) in [5.74, 6) is 1.71. The summed E-state index contributed by atoms with van der Waals surface area (Å²) in [7, 11) is 1.76. The Morgan fingerprint density at radius 2 is 2.14 bits per heavy atom. The Morgan fingerprint density at radius 1 is 1.33 bits per heavy atom. The number of ether oxygens (including phenoxy) is 2. The van der Waals surface area contributed by atoms with Crippen molar-refractivity contribution in [1.29, 1.82) is 0 Å². The highest BCUT2D eigenvalue weighted by Gasteiger charge is 2.30. The average Bonchev–Trinajstić information content (AvgIpc) is 3.38. The molecule has 1 atom stereocenters. The Hall–Kier alpha value is -1.24. The van der Waals surface area contributed by atoms with Crippen molar-refractivity contribution < 1.29 is 9.47 Å². The number of hydrogen-bond acceptors (Lipinski definition) is 6. The summed E-state index contributed by atoms with van der Waals surface area (Å²) < 4.78 is 10.6. The standard InChI is InChI=1S/C15H24N4O2/c1-20-11-14(12-2-3-12)16-10-13-4-5-15(18-17-13)19-6-8-21-9-7-19/h4-5,12,14,16H,2-3,6-11H2,1H3/t14-/m1/s1. The van der Waals surface area contributed by atoms with Gasteiger partial charge in [-0.1, -0.05) is 0 Å². The van der Waals surface area contributed by atoms with E-state index < -0.39 is 0 Å². The summed E-state index contributed by atoms with van der Waals surface area (Å²) in [6.07, 6.45) is 2.62. The molecule has 1 saturated heterocycles. The third kappa shape index (κ3) is 4.12. The fraction of sp³-hybridized carbons (Fsp3) is 0.733. The molecule has 1 aromatic heterocycles. The van der Waals surface area contributed by atoms with Crippen LogP contribution in [0.2, 0.25) is 0 Å². The fourth-order valence-corrected chi connectivity index (χ4v) is 2.68. The molecule has 0 aromatic carbocycles. The number of anilines is 1. The SMILES string of the molecule is COC[C@@H](NCc1ccc(N2CCOCC2)nn1)C1CC1. The van der Waals surface area contributed by atoms with E-state index in [1.165, 1.54) is 12.8 Å². The lowest BCUT2D eigenvalue weighted by Crippen LogP contribution is -2.37. The lowest BCUT2D eigenvalue weighted by atomic mass is 10.2. The minimum absolute atomic E-state index is 0.440. The van der Waals surface area contributed by atoms with Crippen molar-refractivity contribution in [2.75, 3.05) is 44.9 Å². The fourth-order valence-electron chi connectivity index (χ4n) is 2.68. The number of morpholine rings is 1. The maximum absolute atomic E-state index is 5.35. The molecule has 0 amide bonds. The van der Waals surface area contributed by atoms with Gasteiger partial charge in [-0.15, -0.1) is 5.10 Å². The molecule has 3 rings (SSSR count). The highest BCUT2D eigenvalue weighted by Crippen LogP contribution is 2.32. The van der Waals surface area contributed by atoms with E-state index >= 15 is 0 Å². The van der Waals surface area contributed by atoms with Crippen LogP contribution in [-0.2, 0) is 16.0 Å². The molecule has 0 unspecified atom stereocenters. The van der Waals surface area contributed by atoms with Gasteiger partial charge in [0.1, 0.15) is 0 Å². The molecule has 1 aliphatic carbocycles. The van der Waals surface area contributed by atoms with Gasteiger partial charge in [-0.25, -0.2) is 0 Å². The maximum atomic E-state index is 5.35. The minimum Gasteiger partial charge on any atom is -0.383 e. The second-order valence-electron chi connectivity index (χ2n) is 5.76. The molecule has 6 nitrogen and oxygen atoms in total. The van der Waals surface area contributed by atoms with Crippen LogP contribution in [0.15, 0.2) is 12.1 Å². The van der Waals surface area contributed by atoms with Crippen molar-refractivity contribution >= 4 is 5.82 Å². The van der Waals surface area contributed by atoms with Crippen molar-refractivity contribution in [1.82, 2.24) is 15.5 Å². The van der Waals surface area contributed by atoms with E-state index in [2.05, 4.69) is 32.5 Å². The minimum atomic E-state index is 0.440. The quantitative estimate of drug-likeness (QED) is 0.803. The summed E-state index contributed by atoms with van der Waals surface area (Å²) in [6.45, 7) is 4.84. The zero-order chi connectivity index (χ0) is 14.5. The van der Waals surface area contributed by atoms with Gasteiger partial charge in [0.15, 0.2) is 5.82 Å². The molecule has 1 saturated carbocycles. The highest BCUT2D eigenvalue weighted by molar-refractivity contribution is 5.37. The van der Waals surface area contributed by atoms with E-state index in [9.17, 15) is 0 Å². The highest BCUT2D eigenvalue weighted by atomic mass is 16.5. The van der Waals surface area contributed by atoms with Crippen molar-refractivity contribution in [2.45, 2.75) is 25.4 Å². The van der Waals surface area contributed by atoms with Crippen LogP contribution in [0.5, 0.6) is 0 Å². The van der Waals surface area contributed by atoms with Crippen LogP contribution in [0.3, 0.4) is 0 Å². The van der Waals surface area contributed by atoms with Gasteiger partial charge in [0, 0.05) is 32.8 Å². The molecule has 2 heterocycles. The van der Waals surface area contributed by atoms with Gasteiger partial charge in [-0.05, 0) is 30.9 Å². The average molecular weight is 292 g/mol. The molecular weight excluding hydrogens is 268 g/mol. The van der Waals surface area contributed by atoms with E-state index in [0.29, 0.717) is 6.04 Å². The van der Waals surface area contributed by atoms with Crippen LogP contribution in [-0.4, -0.2) is 56.3 Å². The molecule has 1 aromatic rings. The number of aromatic nitrogens is 2. The molecule has 2 fully saturated rings. The van der Waals surface area contributed by atoms with E-state index in [0.717, 1.165) is 56.9 Å². The third-order valence-corrected chi connectivity index (χ3v) is 4.12. The van der Waals surface area contributed by atoms with Crippen molar-refractivity contribution in [2.24, 2.45) is 5.92 Å². The van der Waals surface area contributed by atoms with Crippen LogP contribution in [0, 0.1) is 5.92 Å². The number of rotatable bonds is 7. The number of methoxy groups -OCH3 is 1. The third-order valence-electron chi connectivity index (χ3n) is 4.12. The van der Waals surface area contributed by atoms with Crippen LogP contribution < -0.4 is 10.2 Å². The largest absolute Gasteiger partial charge is 0.383 e. The van der Waals surface area contributed by atoms with E-state index in [1.54, 1.807) is 7.11 Å². The molecule has 116 valence electrons. The molecule has 1 N–H and O–H groups in total. The maximum Gasteiger partial charge on any atom is 0.151 e. The Bertz CT molecular complexity index is 430. The monoisotopic (exact) mass is 292 g/mol. The Balaban J connectivity index is 1.51. The van der Waals surface area contributed by atoms with Crippen LogP contribution in [0.1, 0.15) is 18.5 Å². The first-order valence-corrected chi connectivity index (χ1v) is 7.74. The molecule has 0 radical (unpaired) electrons.